The molecule has 0 radical (unpaired) electrons. The number of β-amino-alcohol motifs (C(OH)–C–C–N with tert-alkyl or cyclic N) is 1. The van der Waals surface area contributed by atoms with E-state index in [9.17, 15) is 23.1 Å². The van der Waals surface area contributed by atoms with E-state index in [1.807, 2.05) is 0 Å². The van der Waals surface area contributed by atoms with Crippen LogP contribution in [0.5, 0.6) is 0 Å². The van der Waals surface area contributed by atoms with Gasteiger partial charge in [-0.05, 0) is 36.4 Å². The van der Waals surface area contributed by atoms with E-state index in [1.54, 1.807) is 40.1 Å². The minimum atomic E-state index is -4.73. The minimum Gasteiger partial charge on any atom is -0.390 e. The van der Waals surface area contributed by atoms with Crippen molar-refractivity contribution in [1.29, 1.82) is 0 Å². The molecular weight excluding hydrogens is 518 g/mol. The summed E-state index contributed by atoms with van der Waals surface area (Å²) in [4.78, 5) is 25.7. The highest BCUT2D eigenvalue weighted by atomic mass is 35.5. The molecule has 1 aromatic heterocycles. The summed E-state index contributed by atoms with van der Waals surface area (Å²) in [5, 5.41) is 12.0. The van der Waals surface area contributed by atoms with Crippen LogP contribution in [-0.2, 0) is 6.18 Å². The third-order valence-corrected chi connectivity index (χ3v) is 7.19. The molecule has 2 atom stereocenters. The van der Waals surface area contributed by atoms with Crippen LogP contribution in [0.2, 0.25) is 10.0 Å². The Morgan fingerprint density at radius 3 is 2.33 bits per heavy atom. The van der Waals surface area contributed by atoms with Gasteiger partial charge in [-0.2, -0.15) is 13.2 Å². The maximum atomic E-state index is 13.5. The second-order valence-electron chi connectivity index (χ2n) is 8.88. The standard InChI is InChI=1S/C24H22Cl2F3N5O2/c25-15-6-4-14(5-7-15)22(36)33-10-8-32(9-11-33)18-12-34(13-19(18)35)21-20-16(26)2-1-3-17(20)30-23(31-21)24(27,28)29/h1-7,18-19,35H,8-13H2/t18-,19-/m0/s1. The summed E-state index contributed by atoms with van der Waals surface area (Å²) in [7, 11) is 0. The Hall–Kier alpha value is -2.66. The van der Waals surface area contributed by atoms with E-state index in [1.165, 1.54) is 12.1 Å². The quantitative estimate of drug-likeness (QED) is 0.543. The first kappa shape index (κ1) is 25.0. The zero-order chi connectivity index (χ0) is 25.6. The lowest BCUT2D eigenvalue weighted by Gasteiger charge is -2.38. The largest absolute Gasteiger partial charge is 0.451 e. The Labute approximate surface area is 215 Å². The van der Waals surface area contributed by atoms with Crippen LogP contribution in [0.1, 0.15) is 16.2 Å². The first-order valence-corrected chi connectivity index (χ1v) is 12.1. The number of aliphatic hydroxyl groups is 1. The van der Waals surface area contributed by atoms with Gasteiger partial charge >= 0.3 is 6.18 Å². The number of benzene rings is 2. The molecule has 0 spiro atoms. The molecule has 0 unspecified atom stereocenters. The number of amides is 1. The van der Waals surface area contributed by atoms with Gasteiger partial charge in [0.15, 0.2) is 0 Å². The van der Waals surface area contributed by atoms with Crippen LogP contribution in [0.3, 0.4) is 0 Å². The number of hydrogen-bond donors (Lipinski definition) is 1. The van der Waals surface area contributed by atoms with E-state index in [0.29, 0.717) is 42.2 Å². The number of rotatable bonds is 3. The molecule has 12 heteroatoms. The van der Waals surface area contributed by atoms with Gasteiger partial charge in [-0.25, -0.2) is 9.97 Å². The summed E-state index contributed by atoms with van der Waals surface area (Å²) in [6.45, 7) is 2.34. The van der Waals surface area contributed by atoms with E-state index in [2.05, 4.69) is 14.9 Å². The van der Waals surface area contributed by atoms with Gasteiger partial charge in [0.2, 0.25) is 5.82 Å². The van der Waals surface area contributed by atoms with Gasteiger partial charge in [0, 0.05) is 49.9 Å². The number of nitrogens with zero attached hydrogens (tertiary/aromatic N) is 5. The Balaban J connectivity index is 1.33. The average molecular weight is 540 g/mol. The number of anilines is 1. The normalized spacial score (nSPS) is 21.4. The van der Waals surface area contributed by atoms with Crippen LogP contribution in [0.25, 0.3) is 10.9 Å². The zero-order valence-electron chi connectivity index (χ0n) is 18.9. The van der Waals surface area contributed by atoms with Crippen molar-refractivity contribution in [2.24, 2.45) is 0 Å². The van der Waals surface area contributed by atoms with Crippen LogP contribution in [0.15, 0.2) is 42.5 Å². The fourth-order valence-electron chi connectivity index (χ4n) is 4.81. The summed E-state index contributed by atoms with van der Waals surface area (Å²) in [5.41, 5.74) is 0.639. The summed E-state index contributed by atoms with van der Waals surface area (Å²) in [6, 6.07) is 10.9. The molecule has 2 saturated heterocycles. The number of carbonyl (C=O) groups is 1. The predicted molar refractivity (Wildman–Crippen MR) is 130 cm³/mol. The predicted octanol–water partition coefficient (Wildman–Crippen LogP) is 3.96. The van der Waals surface area contributed by atoms with Gasteiger partial charge in [0.25, 0.3) is 5.91 Å². The van der Waals surface area contributed by atoms with Crippen molar-refractivity contribution < 1.29 is 23.1 Å². The molecule has 190 valence electrons. The molecule has 1 amide bonds. The molecule has 3 aromatic rings. The van der Waals surface area contributed by atoms with Gasteiger partial charge in [-0.1, -0.05) is 29.3 Å². The van der Waals surface area contributed by atoms with Crippen LogP contribution in [0.4, 0.5) is 19.0 Å². The van der Waals surface area contributed by atoms with Crippen molar-refractivity contribution in [2.75, 3.05) is 44.2 Å². The number of aromatic nitrogens is 2. The van der Waals surface area contributed by atoms with Crippen molar-refractivity contribution in [3.8, 4) is 0 Å². The highest BCUT2D eigenvalue weighted by molar-refractivity contribution is 6.36. The van der Waals surface area contributed by atoms with E-state index in [0.717, 1.165) is 0 Å². The highest BCUT2D eigenvalue weighted by Gasteiger charge is 2.41. The van der Waals surface area contributed by atoms with E-state index in [4.69, 9.17) is 23.2 Å². The lowest BCUT2D eigenvalue weighted by atomic mass is 10.1. The molecule has 2 aromatic carbocycles. The number of aliphatic hydroxyl groups excluding tert-OH is 1. The first-order valence-electron chi connectivity index (χ1n) is 11.4. The van der Waals surface area contributed by atoms with Crippen LogP contribution >= 0.6 is 23.2 Å². The molecule has 5 rings (SSSR count). The van der Waals surface area contributed by atoms with Crippen molar-refractivity contribution in [3.63, 3.8) is 0 Å². The van der Waals surface area contributed by atoms with Gasteiger partial charge in [-0.3, -0.25) is 9.69 Å². The number of halogens is 5. The molecule has 2 fully saturated rings. The molecule has 2 aliphatic rings. The molecule has 0 aliphatic carbocycles. The number of alkyl halides is 3. The third kappa shape index (κ3) is 4.82. The maximum Gasteiger partial charge on any atom is 0.451 e. The van der Waals surface area contributed by atoms with Gasteiger partial charge in [-0.15, -0.1) is 0 Å². The van der Waals surface area contributed by atoms with E-state index < -0.39 is 18.1 Å². The second-order valence-corrected chi connectivity index (χ2v) is 9.72. The lowest BCUT2D eigenvalue weighted by Crippen LogP contribution is -2.54. The van der Waals surface area contributed by atoms with Crippen molar-refractivity contribution in [1.82, 2.24) is 19.8 Å². The molecule has 36 heavy (non-hydrogen) atoms. The molecule has 3 heterocycles. The molecular formula is C24H22Cl2F3N5O2. The number of fused-ring (bicyclic) bond motifs is 1. The van der Waals surface area contributed by atoms with Crippen LogP contribution in [0, 0.1) is 0 Å². The summed E-state index contributed by atoms with van der Waals surface area (Å²) >= 11 is 12.2. The smallest absolute Gasteiger partial charge is 0.390 e. The first-order chi connectivity index (χ1) is 17.1. The fourth-order valence-corrected chi connectivity index (χ4v) is 5.19. The SMILES string of the molecule is O=C(c1ccc(Cl)cc1)N1CCN([C@H]2CN(c3nc(C(F)(F)F)nc4cccc(Cl)c34)C[C@@H]2O)CC1. The Morgan fingerprint density at radius 1 is 0.972 bits per heavy atom. The monoisotopic (exact) mass is 539 g/mol. The topological polar surface area (TPSA) is 72.8 Å². The van der Waals surface area contributed by atoms with Crippen LogP contribution in [-0.4, -0.2) is 82.2 Å². The van der Waals surface area contributed by atoms with Crippen molar-refractivity contribution in [3.05, 3.63) is 63.9 Å². The summed E-state index contributed by atoms with van der Waals surface area (Å²) in [6.07, 6.45) is -5.54. The van der Waals surface area contributed by atoms with Crippen molar-refractivity contribution >= 4 is 45.8 Å². The third-order valence-electron chi connectivity index (χ3n) is 6.63. The fraction of sp³-hybridized carbons (Fsp3) is 0.375. The molecule has 2 aliphatic heterocycles. The number of hydrogen-bond acceptors (Lipinski definition) is 6. The maximum absolute atomic E-state index is 13.5. The molecule has 1 N–H and O–H groups in total. The van der Waals surface area contributed by atoms with Crippen LogP contribution < -0.4 is 4.90 Å². The Kier molecular flexibility index (Phi) is 6.71. The van der Waals surface area contributed by atoms with Gasteiger partial charge in [0.1, 0.15) is 5.82 Å². The van der Waals surface area contributed by atoms with Gasteiger partial charge in [0.05, 0.1) is 28.1 Å². The molecule has 0 bridgehead atoms. The molecule has 7 nitrogen and oxygen atoms in total. The van der Waals surface area contributed by atoms with Crippen molar-refractivity contribution in [2.45, 2.75) is 18.3 Å². The van der Waals surface area contributed by atoms with E-state index >= 15 is 0 Å². The minimum absolute atomic E-state index is 0.0519. The lowest BCUT2D eigenvalue weighted by molar-refractivity contribution is -0.144. The van der Waals surface area contributed by atoms with E-state index in [-0.39, 0.29) is 41.4 Å². The average Bonchev–Trinajstić information content (AvgIpc) is 3.24. The Bertz CT molecular complexity index is 1280. The van der Waals surface area contributed by atoms with Gasteiger partial charge < -0.3 is 14.9 Å². The second kappa shape index (κ2) is 9.66. The number of carbonyl (C=O) groups excluding carboxylic acids is 1. The number of piperazine rings is 1. The zero-order valence-corrected chi connectivity index (χ0v) is 20.4. The molecule has 0 saturated carbocycles. The summed E-state index contributed by atoms with van der Waals surface area (Å²) < 4.78 is 40.5. The summed E-state index contributed by atoms with van der Waals surface area (Å²) in [5.74, 6) is -1.29. The highest BCUT2D eigenvalue weighted by Crippen LogP contribution is 2.36. The Morgan fingerprint density at radius 2 is 1.67 bits per heavy atom.